The van der Waals surface area contributed by atoms with Crippen LogP contribution in [0.2, 0.25) is 0 Å². The molecule has 0 rings (SSSR count). The summed E-state index contributed by atoms with van der Waals surface area (Å²) in [6, 6.07) is 0. The molecule has 0 saturated heterocycles. The van der Waals surface area contributed by atoms with Gasteiger partial charge in [-0.2, -0.15) is 0 Å². The Balaban J connectivity index is 3.44. The SMILES string of the molecule is CCCCOC(=O)NC/C=C(\F)CO. The molecule has 2 N–H and O–H groups in total. The van der Waals surface area contributed by atoms with Crippen molar-refractivity contribution >= 4 is 6.09 Å². The highest BCUT2D eigenvalue weighted by Gasteiger charge is 1.98. The number of amides is 1. The van der Waals surface area contributed by atoms with Gasteiger partial charge in [-0.1, -0.05) is 13.3 Å². The third-order valence-electron chi connectivity index (χ3n) is 1.45. The van der Waals surface area contributed by atoms with Gasteiger partial charge in [0.25, 0.3) is 0 Å². The molecular formula is C9H16FNO3. The van der Waals surface area contributed by atoms with Crippen LogP contribution in [0.25, 0.3) is 0 Å². The van der Waals surface area contributed by atoms with E-state index in [1.165, 1.54) is 0 Å². The Hall–Kier alpha value is -1.10. The van der Waals surface area contributed by atoms with Crippen molar-refractivity contribution in [1.29, 1.82) is 0 Å². The molecule has 0 aliphatic heterocycles. The largest absolute Gasteiger partial charge is 0.450 e. The summed E-state index contributed by atoms with van der Waals surface area (Å²) in [4.78, 5) is 10.8. The minimum Gasteiger partial charge on any atom is -0.450 e. The summed E-state index contributed by atoms with van der Waals surface area (Å²) >= 11 is 0. The van der Waals surface area contributed by atoms with E-state index in [-0.39, 0.29) is 6.54 Å². The second kappa shape index (κ2) is 8.50. The van der Waals surface area contributed by atoms with Crippen molar-refractivity contribution in [3.8, 4) is 0 Å². The van der Waals surface area contributed by atoms with Crippen molar-refractivity contribution in [3.63, 3.8) is 0 Å². The molecule has 0 atom stereocenters. The Bertz CT molecular complexity index is 194. The molecule has 0 aromatic heterocycles. The van der Waals surface area contributed by atoms with Crippen LogP contribution in [0.4, 0.5) is 9.18 Å². The van der Waals surface area contributed by atoms with Crippen molar-refractivity contribution in [2.45, 2.75) is 19.8 Å². The molecule has 0 saturated carbocycles. The van der Waals surface area contributed by atoms with Crippen molar-refractivity contribution < 1.29 is 19.0 Å². The number of nitrogens with one attached hydrogen (secondary N) is 1. The van der Waals surface area contributed by atoms with Crippen LogP contribution in [0.3, 0.4) is 0 Å². The number of alkyl carbamates (subject to hydrolysis) is 1. The van der Waals surface area contributed by atoms with Crippen molar-refractivity contribution in [2.24, 2.45) is 0 Å². The molecule has 4 nitrogen and oxygen atoms in total. The fourth-order valence-corrected chi connectivity index (χ4v) is 0.670. The second-order valence-electron chi connectivity index (χ2n) is 2.68. The van der Waals surface area contributed by atoms with Crippen LogP contribution < -0.4 is 5.32 Å². The van der Waals surface area contributed by atoms with Crippen LogP contribution >= 0.6 is 0 Å². The molecule has 0 aliphatic rings. The second-order valence-corrected chi connectivity index (χ2v) is 2.68. The number of aliphatic hydroxyl groups excluding tert-OH is 1. The fourth-order valence-electron chi connectivity index (χ4n) is 0.670. The van der Waals surface area contributed by atoms with Crippen molar-refractivity contribution in [2.75, 3.05) is 19.8 Å². The minimum absolute atomic E-state index is 0.0252. The summed E-state index contributed by atoms with van der Waals surface area (Å²) < 4.78 is 17.0. The molecule has 5 heteroatoms. The lowest BCUT2D eigenvalue weighted by molar-refractivity contribution is 0.145. The van der Waals surface area contributed by atoms with E-state index in [9.17, 15) is 9.18 Å². The van der Waals surface area contributed by atoms with Gasteiger partial charge >= 0.3 is 6.09 Å². The predicted molar refractivity (Wildman–Crippen MR) is 50.5 cm³/mol. The molecule has 0 aromatic carbocycles. The molecule has 0 radical (unpaired) electrons. The Morgan fingerprint density at radius 1 is 1.64 bits per heavy atom. The normalized spacial score (nSPS) is 11.2. The summed E-state index contributed by atoms with van der Waals surface area (Å²) in [6.45, 7) is 1.74. The number of carbonyl (C=O) groups excluding carboxylic acids is 1. The number of rotatable bonds is 6. The van der Waals surface area contributed by atoms with Gasteiger partial charge in [0.05, 0.1) is 13.2 Å². The van der Waals surface area contributed by atoms with Gasteiger partial charge in [0, 0.05) is 6.54 Å². The summed E-state index contributed by atoms with van der Waals surface area (Å²) in [5, 5.41) is 10.6. The number of ether oxygens (including phenoxy) is 1. The van der Waals surface area contributed by atoms with Crippen LogP contribution in [0.15, 0.2) is 11.9 Å². The third-order valence-corrected chi connectivity index (χ3v) is 1.45. The van der Waals surface area contributed by atoms with Gasteiger partial charge in [-0.05, 0) is 12.5 Å². The topological polar surface area (TPSA) is 58.6 Å². The quantitative estimate of drug-likeness (QED) is 0.644. The van der Waals surface area contributed by atoms with Gasteiger partial charge in [0.2, 0.25) is 0 Å². The maximum Gasteiger partial charge on any atom is 0.407 e. The molecule has 0 aromatic rings. The number of aliphatic hydroxyl groups is 1. The number of carbonyl (C=O) groups is 1. The average Bonchev–Trinajstić information content (AvgIpc) is 2.18. The molecule has 0 fully saturated rings. The molecule has 1 amide bonds. The van der Waals surface area contributed by atoms with E-state index in [0.717, 1.165) is 18.9 Å². The van der Waals surface area contributed by atoms with E-state index < -0.39 is 18.5 Å². The van der Waals surface area contributed by atoms with Crippen LogP contribution in [0, 0.1) is 0 Å². The minimum atomic E-state index is -0.668. The number of hydrogen-bond acceptors (Lipinski definition) is 3. The van der Waals surface area contributed by atoms with E-state index in [1.807, 2.05) is 6.92 Å². The highest BCUT2D eigenvalue weighted by atomic mass is 19.1. The molecule has 0 bridgehead atoms. The first-order chi connectivity index (χ1) is 6.70. The summed E-state index contributed by atoms with van der Waals surface area (Å²) in [7, 11) is 0. The Morgan fingerprint density at radius 3 is 2.93 bits per heavy atom. The zero-order valence-corrected chi connectivity index (χ0v) is 8.25. The number of unbranched alkanes of at least 4 members (excludes halogenated alkanes) is 1. The first-order valence-electron chi connectivity index (χ1n) is 4.56. The van der Waals surface area contributed by atoms with E-state index >= 15 is 0 Å². The van der Waals surface area contributed by atoms with E-state index in [0.29, 0.717) is 6.61 Å². The van der Waals surface area contributed by atoms with E-state index in [4.69, 9.17) is 9.84 Å². The lowest BCUT2D eigenvalue weighted by Gasteiger charge is -2.03. The Kier molecular flexibility index (Phi) is 7.83. The van der Waals surface area contributed by atoms with Gasteiger partial charge in [0.1, 0.15) is 5.83 Å². The first kappa shape index (κ1) is 12.9. The lowest BCUT2D eigenvalue weighted by Crippen LogP contribution is -2.24. The van der Waals surface area contributed by atoms with E-state index in [2.05, 4.69) is 5.32 Å². The maximum atomic E-state index is 12.3. The number of halogens is 1. The zero-order chi connectivity index (χ0) is 10.8. The Labute approximate surface area is 82.8 Å². The lowest BCUT2D eigenvalue weighted by atomic mass is 10.4. The first-order valence-corrected chi connectivity index (χ1v) is 4.56. The fraction of sp³-hybridized carbons (Fsp3) is 0.667. The highest BCUT2D eigenvalue weighted by Crippen LogP contribution is 1.92. The molecular weight excluding hydrogens is 189 g/mol. The average molecular weight is 205 g/mol. The monoisotopic (exact) mass is 205 g/mol. The molecule has 0 aliphatic carbocycles. The standard InChI is InChI=1S/C9H16FNO3/c1-2-3-6-14-9(13)11-5-4-8(10)7-12/h4,12H,2-3,5-7H2,1H3,(H,11,13)/b8-4-. The van der Waals surface area contributed by atoms with Gasteiger partial charge < -0.3 is 15.2 Å². The van der Waals surface area contributed by atoms with Crippen LogP contribution in [0.1, 0.15) is 19.8 Å². The predicted octanol–water partition coefficient (Wildman–Crippen LogP) is 1.36. The van der Waals surface area contributed by atoms with Crippen molar-refractivity contribution in [3.05, 3.63) is 11.9 Å². The molecule has 0 spiro atoms. The van der Waals surface area contributed by atoms with Crippen molar-refractivity contribution in [1.82, 2.24) is 5.32 Å². The van der Waals surface area contributed by atoms with Gasteiger partial charge in [-0.3, -0.25) is 0 Å². The molecule has 0 unspecified atom stereocenters. The van der Waals surface area contributed by atoms with Crippen LogP contribution in [0.5, 0.6) is 0 Å². The smallest absolute Gasteiger partial charge is 0.407 e. The molecule has 0 heterocycles. The summed E-state index contributed by atoms with van der Waals surface area (Å²) in [5.74, 6) is -0.668. The van der Waals surface area contributed by atoms with Gasteiger partial charge in [0.15, 0.2) is 0 Å². The third kappa shape index (κ3) is 7.54. The van der Waals surface area contributed by atoms with Gasteiger partial charge in [-0.25, -0.2) is 9.18 Å². The summed E-state index contributed by atoms with van der Waals surface area (Å²) in [5.41, 5.74) is 0. The van der Waals surface area contributed by atoms with Crippen LogP contribution in [-0.2, 0) is 4.74 Å². The molecule has 14 heavy (non-hydrogen) atoms. The van der Waals surface area contributed by atoms with Gasteiger partial charge in [-0.15, -0.1) is 0 Å². The van der Waals surface area contributed by atoms with Crippen LogP contribution in [-0.4, -0.2) is 31.0 Å². The Morgan fingerprint density at radius 2 is 2.36 bits per heavy atom. The molecule has 82 valence electrons. The zero-order valence-electron chi connectivity index (χ0n) is 8.25. The highest BCUT2D eigenvalue weighted by molar-refractivity contribution is 5.67. The number of hydrogen-bond donors (Lipinski definition) is 2. The summed E-state index contributed by atoms with van der Waals surface area (Å²) in [6.07, 6.45) is 2.28. The van der Waals surface area contributed by atoms with E-state index in [1.54, 1.807) is 0 Å². The maximum absolute atomic E-state index is 12.3.